The number of aromatic amines is 1. The van der Waals surface area contributed by atoms with E-state index in [1.807, 2.05) is 52.8 Å². The van der Waals surface area contributed by atoms with Gasteiger partial charge in [-0.25, -0.2) is 4.79 Å². The number of fused-ring (bicyclic) bond motifs is 1. The highest BCUT2D eigenvalue weighted by molar-refractivity contribution is 5.91. The van der Waals surface area contributed by atoms with Gasteiger partial charge in [0.05, 0.1) is 12.2 Å². The predicted molar refractivity (Wildman–Crippen MR) is 109 cm³/mol. The number of hydrogen-bond acceptors (Lipinski definition) is 5. The zero-order valence-corrected chi connectivity index (χ0v) is 17.6. The molecule has 156 valence electrons. The van der Waals surface area contributed by atoms with Crippen molar-refractivity contribution in [3.8, 4) is 5.75 Å². The Labute approximate surface area is 170 Å². The summed E-state index contributed by atoms with van der Waals surface area (Å²) in [5, 5.41) is 9.90. The van der Waals surface area contributed by atoms with Gasteiger partial charge < -0.3 is 19.7 Å². The lowest BCUT2D eigenvalue weighted by molar-refractivity contribution is -0.118. The van der Waals surface area contributed by atoms with Crippen molar-refractivity contribution in [2.24, 2.45) is 0 Å². The van der Waals surface area contributed by atoms with Crippen LogP contribution in [0.5, 0.6) is 5.75 Å². The minimum atomic E-state index is -0.541. The number of carbonyl (C=O) groups excluding carboxylic acids is 2. The number of carbonyl (C=O) groups is 2. The molecule has 1 aromatic carbocycles. The third-order valence-electron chi connectivity index (χ3n) is 4.53. The maximum absolute atomic E-state index is 12.3. The minimum Gasteiger partial charge on any atom is -0.483 e. The summed E-state index contributed by atoms with van der Waals surface area (Å²) in [6, 6.07) is 5.81. The van der Waals surface area contributed by atoms with E-state index in [4.69, 9.17) is 9.47 Å². The van der Waals surface area contributed by atoms with Crippen LogP contribution in [0.15, 0.2) is 18.2 Å². The Morgan fingerprint density at radius 1 is 1.28 bits per heavy atom. The number of anilines is 1. The molecule has 29 heavy (non-hydrogen) atoms. The molecule has 1 aliphatic heterocycles. The van der Waals surface area contributed by atoms with Crippen LogP contribution in [0.2, 0.25) is 0 Å². The molecule has 0 saturated heterocycles. The summed E-state index contributed by atoms with van der Waals surface area (Å²) in [4.78, 5) is 26.2. The lowest BCUT2D eigenvalue weighted by Crippen LogP contribution is -2.40. The van der Waals surface area contributed by atoms with Crippen LogP contribution in [0.1, 0.15) is 43.2 Å². The quantitative estimate of drug-likeness (QED) is 0.821. The first-order valence-corrected chi connectivity index (χ1v) is 9.66. The second-order valence-electron chi connectivity index (χ2n) is 8.29. The van der Waals surface area contributed by atoms with Gasteiger partial charge in [-0.1, -0.05) is 17.7 Å². The van der Waals surface area contributed by atoms with Gasteiger partial charge in [0.2, 0.25) is 0 Å². The van der Waals surface area contributed by atoms with Gasteiger partial charge in [0.15, 0.2) is 12.4 Å². The van der Waals surface area contributed by atoms with Crippen LogP contribution in [-0.2, 0) is 22.5 Å². The van der Waals surface area contributed by atoms with E-state index in [0.717, 1.165) is 22.4 Å². The number of H-pyrrole nitrogens is 1. The van der Waals surface area contributed by atoms with Gasteiger partial charge >= 0.3 is 6.09 Å². The molecule has 3 rings (SSSR count). The summed E-state index contributed by atoms with van der Waals surface area (Å²) in [5.74, 6) is 0.884. The van der Waals surface area contributed by atoms with Crippen molar-refractivity contribution >= 4 is 17.8 Å². The molecule has 8 nitrogen and oxygen atoms in total. The number of aryl methyl sites for hydroxylation is 2. The Morgan fingerprint density at radius 2 is 2.03 bits per heavy atom. The smallest absolute Gasteiger partial charge is 0.410 e. The SMILES string of the molecule is Cc1ccc(OCC(=O)Nc2n[nH]c3c2CCN(C(=O)OC(C)(C)C)C3)c(C)c1. The third-order valence-corrected chi connectivity index (χ3v) is 4.53. The highest BCUT2D eigenvalue weighted by Gasteiger charge is 2.28. The average Bonchev–Trinajstić information content (AvgIpc) is 3.01. The van der Waals surface area contributed by atoms with Gasteiger partial charge in [-0.3, -0.25) is 9.89 Å². The van der Waals surface area contributed by atoms with E-state index in [0.29, 0.717) is 31.1 Å². The minimum absolute atomic E-state index is 0.102. The topological polar surface area (TPSA) is 96.5 Å². The molecule has 1 aliphatic rings. The molecule has 2 aromatic rings. The monoisotopic (exact) mass is 400 g/mol. The van der Waals surface area contributed by atoms with E-state index < -0.39 is 5.60 Å². The number of aromatic nitrogens is 2. The van der Waals surface area contributed by atoms with E-state index >= 15 is 0 Å². The molecule has 0 saturated carbocycles. The average molecular weight is 400 g/mol. The molecule has 1 aromatic heterocycles. The molecule has 0 atom stereocenters. The first kappa shape index (κ1) is 20.7. The molecular formula is C21H28N4O4. The van der Waals surface area contributed by atoms with Crippen molar-refractivity contribution in [1.82, 2.24) is 15.1 Å². The van der Waals surface area contributed by atoms with E-state index in [2.05, 4.69) is 15.5 Å². The summed E-state index contributed by atoms with van der Waals surface area (Å²) in [6.45, 7) is 10.2. The zero-order chi connectivity index (χ0) is 21.2. The molecule has 2 heterocycles. The Kier molecular flexibility index (Phi) is 5.81. The maximum Gasteiger partial charge on any atom is 0.410 e. The standard InChI is InChI=1S/C21H28N4O4/c1-13-6-7-17(14(2)10-13)28-12-18(26)22-19-15-8-9-25(11-16(15)23-24-19)20(27)29-21(3,4)5/h6-7,10H,8-9,11-12H2,1-5H3,(H2,22,23,24,26). The van der Waals surface area contributed by atoms with Crippen LogP contribution in [0.3, 0.4) is 0 Å². The fourth-order valence-corrected chi connectivity index (χ4v) is 3.18. The van der Waals surface area contributed by atoms with E-state index in [1.165, 1.54) is 0 Å². The number of amides is 2. The molecule has 0 radical (unpaired) electrons. The fourth-order valence-electron chi connectivity index (χ4n) is 3.18. The maximum atomic E-state index is 12.3. The summed E-state index contributed by atoms with van der Waals surface area (Å²) < 4.78 is 11.0. The number of nitrogens with one attached hydrogen (secondary N) is 2. The highest BCUT2D eigenvalue weighted by atomic mass is 16.6. The summed E-state index contributed by atoms with van der Waals surface area (Å²) in [6.07, 6.45) is 0.226. The van der Waals surface area contributed by atoms with Gasteiger partial charge in [-0.15, -0.1) is 0 Å². The Hall–Kier alpha value is -3.03. The Balaban J connectivity index is 1.57. The Bertz CT molecular complexity index is 914. The molecule has 2 N–H and O–H groups in total. The van der Waals surface area contributed by atoms with E-state index in [1.54, 1.807) is 4.90 Å². The van der Waals surface area contributed by atoms with Crippen LogP contribution >= 0.6 is 0 Å². The third kappa shape index (κ3) is 5.28. The van der Waals surface area contributed by atoms with E-state index in [-0.39, 0.29) is 18.6 Å². The lowest BCUT2D eigenvalue weighted by Gasteiger charge is -2.29. The van der Waals surface area contributed by atoms with Gasteiger partial charge in [0.1, 0.15) is 11.4 Å². The van der Waals surface area contributed by atoms with Crippen LogP contribution in [0.25, 0.3) is 0 Å². The summed E-state index contributed by atoms with van der Waals surface area (Å²) >= 11 is 0. The van der Waals surface area contributed by atoms with E-state index in [9.17, 15) is 9.59 Å². The molecule has 0 spiro atoms. The van der Waals surface area contributed by atoms with Gasteiger partial charge in [0.25, 0.3) is 5.91 Å². The highest BCUT2D eigenvalue weighted by Crippen LogP contribution is 2.25. The molecule has 0 unspecified atom stereocenters. The second-order valence-corrected chi connectivity index (χ2v) is 8.29. The van der Waals surface area contributed by atoms with Gasteiger partial charge in [0, 0.05) is 12.1 Å². The molecule has 2 amide bonds. The number of rotatable bonds is 4. The van der Waals surface area contributed by atoms with Crippen molar-refractivity contribution < 1.29 is 19.1 Å². The fraction of sp³-hybridized carbons (Fsp3) is 0.476. The van der Waals surface area contributed by atoms with Crippen LogP contribution in [0.4, 0.5) is 10.6 Å². The van der Waals surface area contributed by atoms with Crippen molar-refractivity contribution in [3.63, 3.8) is 0 Å². The largest absolute Gasteiger partial charge is 0.483 e. The molecule has 0 bridgehead atoms. The summed E-state index contributed by atoms with van der Waals surface area (Å²) in [5.41, 5.74) is 3.29. The van der Waals surface area contributed by atoms with Crippen molar-refractivity contribution in [2.75, 3.05) is 18.5 Å². The predicted octanol–water partition coefficient (Wildman–Crippen LogP) is 3.34. The van der Waals surface area contributed by atoms with Crippen molar-refractivity contribution in [1.29, 1.82) is 0 Å². The number of benzene rings is 1. The molecular weight excluding hydrogens is 372 g/mol. The number of ether oxygens (including phenoxy) is 2. The van der Waals surface area contributed by atoms with Crippen molar-refractivity contribution in [2.45, 2.75) is 53.2 Å². The normalized spacial score (nSPS) is 13.6. The second kappa shape index (κ2) is 8.14. The summed E-state index contributed by atoms with van der Waals surface area (Å²) in [7, 11) is 0. The first-order valence-electron chi connectivity index (χ1n) is 9.66. The van der Waals surface area contributed by atoms with Crippen molar-refractivity contribution in [3.05, 3.63) is 40.6 Å². The molecule has 0 aliphatic carbocycles. The van der Waals surface area contributed by atoms with Crippen LogP contribution in [-0.4, -0.2) is 45.9 Å². The molecule has 8 heteroatoms. The molecule has 0 fully saturated rings. The zero-order valence-electron chi connectivity index (χ0n) is 17.6. The number of hydrogen-bond donors (Lipinski definition) is 2. The van der Waals surface area contributed by atoms with Crippen LogP contribution in [0, 0.1) is 13.8 Å². The van der Waals surface area contributed by atoms with Crippen LogP contribution < -0.4 is 10.1 Å². The Morgan fingerprint density at radius 3 is 2.72 bits per heavy atom. The number of nitrogens with zero attached hydrogens (tertiary/aromatic N) is 2. The first-order chi connectivity index (χ1) is 13.6. The van der Waals surface area contributed by atoms with Gasteiger partial charge in [-0.2, -0.15) is 5.10 Å². The van der Waals surface area contributed by atoms with Gasteiger partial charge in [-0.05, 0) is 52.7 Å². The lowest BCUT2D eigenvalue weighted by atomic mass is 10.1.